The van der Waals surface area contributed by atoms with Gasteiger partial charge < -0.3 is 10.1 Å². The van der Waals surface area contributed by atoms with Crippen molar-refractivity contribution in [2.45, 2.75) is 39.1 Å². The lowest BCUT2D eigenvalue weighted by Crippen LogP contribution is -2.32. The molecule has 1 N–H and O–H groups in total. The molecule has 0 fully saturated rings. The highest BCUT2D eigenvalue weighted by atomic mass is 19.4. The van der Waals surface area contributed by atoms with E-state index in [1.54, 1.807) is 57.2 Å². The number of carbonyl (C=O) groups excluding carboxylic acids is 1. The first-order chi connectivity index (χ1) is 11.6. The minimum Gasteiger partial charge on any atom is -0.444 e. The Morgan fingerprint density at radius 1 is 1.00 bits per heavy atom. The van der Waals surface area contributed by atoms with Gasteiger partial charge >= 0.3 is 12.3 Å². The summed E-state index contributed by atoms with van der Waals surface area (Å²) in [6, 6.07) is 12.7. The van der Waals surface area contributed by atoms with E-state index in [0.717, 1.165) is 6.07 Å². The average molecular weight is 351 g/mol. The van der Waals surface area contributed by atoms with Crippen LogP contribution in [0.5, 0.6) is 0 Å². The van der Waals surface area contributed by atoms with Gasteiger partial charge in [0, 0.05) is 6.54 Å². The molecule has 1 amide bonds. The number of nitrogens with one attached hydrogen (secondary N) is 1. The molecule has 3 nitrogen and oxygen atoms in total. The van der Waals surface area contributed by atoms with Crippen LogP contribution in [0.3, 0.4) is 0 Å². The molecule has 2 rings (SSSR count). The van der Waals surface area contributed by atoms with Gasteiger partial charge in [-0.15, -0.1) is 0 Å². The molecule has 0 unspecified atom stereocenters. The average Bonchev–Trinajstić information content (AvgIpc) is 2.51. The van der Waals surface area contributed by atoms with E-state index < -0.39 is 23.4 Å². The van der Waals surface area contributed by atoms with Crippen molar-refractivity contribution in [3.63, 3.8) is 0 Å². The summed E-state index contributed by atoms with van der Waals surface area (Å²) in [5.74, 6) is 0. The molecule has 25 heavy (non-hydrogen) atoms. The predicted molar refractivity (Wildman–Crippen MR) is 90.0 cm³/mol. The fraction of sp³-hybridized carbons (Fsp3) is 0.316. The van der Waals surface area contributed by atoms with Crippen molar-refractivity contribution in [2.75, 3.05) is 0 Å². The van der Waals surface area contributed by atoms with Crippen molar-refractivity contribution in [2.24, 2.45) is 0 Å². The van der Waals surface area contributed by atoms with Crippen LogP contribution in [0.1, 0.15) is 31.9 Å². The van der Waals surface area contributed by atoms with Crippen molar-refractivity contribution in [1.29, 1.82) is 0 Å². The van der Waals surface area contributed by atoms with Crippen LogP contribution >= 0.6 is 0 Å². The van der Waals surface area contributed by atoms with Gasteiger partial charge in [0.05, 0.1) is 5.56 Å². The molecule has 0 aliphatic rings. The van der Waals surface area contributed by atoms with E-state index in [-0.39, 0.29) is 12.1 Å². The maximum absolute atomic E-state index is 13.4. The Morgan fingerprint density at radius 2 is 1.64 bits per heavy atom. The van der Waals surface area contributed by atoms with Crippen LogP contribution < -0.4 is 5.32 Å². The number of ether oxygens (including phenoxy) is 1. The second-order valence-electron chi connectivity index (χ2n) is 6.55. The fourth-order valence-corrected chi connectivity index (χ4v) is 2.41. The van der Waals surface area contributed by atoms with E-state index in [0.29, 0.717) is 11.1 Å². The molecule has 0 aromatic heterocycles. The Bertz CT molecular complexity index is 735. The molecule has 0 saturated carbocycles. The van der Waals surface area contributed by atoms with Crippen molar-refractivity contribution in [3.05, 3.63) is 59.7 Å². The zero-order chi connectivity index (χ0) is 18.7. The van der Waals surface area contributed by atoms with Crippen molar-refractivity contribution in [3.8, 4) is 11.1 Å². The van der Waals surface area contributed by atoms with Gasteiger partial charge in [-0.25, -0.2) is 4.79 Å². The van der Waals surface area contributed by atoms with E-state index in [4.69, 9.17) is 4.74 Å². The number of amides is 1. The monoisotopic (exact) mass is 351 g/mol. The van der Waals surface area contributed by atoms with Crippen LogP contribution in [-0.2, 0) is 17.5 Å². The van der Waals surface area contributed by atoms with Gasteiger partial charge in [-0.2, -0.15) is 13.2 Å². The third-order valence-corrected chi connectivity index (χ3v) is 3.37. The summed E-state index contributed by atoms with van der Waals surface area (Å²) >= 11 is 0. The number of hydrogen-bond donors (Lipinski definition) is 1. The Hall–Kier alpha value is -2.50. The third kappa shape index (κ3) is 5.24. The Balaban J connectivity index is 2.38. The molecule has 0 spiro atoms. The standard InChI is InChI=1S/C19H20F3NO2/c1-18(2,3)25-17(24)23-12-15-14(13-8-5-4-6-9-13)10-7-11-16(15)19(20,21)22/h4-11H,12H2,1-3H3,(H,23,24). The zero-order valence-corrected chi connectivity index (χ0v) is 14.3. The summed E-state index contributed by atoms with van der Waals surface area (Å²) in [5, 5.41) is 2.42. The number of alkyl carbamates (subject to hydrolysis) is 1. The quantitative estimate of drug-likeness (QED) is 0.804. The number of halogens is 3. The van der Waals surface area contributed by atoms with E-state index in [2.05, 4.69) is 5.32 Å². The highest BCUT2D eigenvalue weighted by Gasteiger charge is 2.34. The first-order valence-electron chi connectivity index (χ1n) is 7.79. The van der Waals surface area contributed by atoms with Crippen molar-refractivity contribution in [1.82, 2.24) is 5.32 Å². The first-order valence-corrected chi connectivity index (χ1v) is 7.79. The molecule has 0 atom stereocenters. The third-order valence-electron chi connectivity index (χ3n) is 3.37. The number of benzene rings is 2. The van der Waals surface area contributed by atoms with Gasteiger partial charge in [0.15, 0.2) is 0 Å². The topological polar surface area (TPSA) is 38.3 Å². The van der Waals surface area contributed by atoms with Crippen LogP contribution in [0.25, 0.3) is 11.1 Å². The van der Waals surface area contributed by atoms with Crippen LogP contribution in [-0.4, -0.2) is 11.7 Å². The normalized spacial score (nSPS) is 11.9. The van der Waals surface area contributed by atoms with E-state index in [1.807, 2.05) is 0 Å². The molecule has 0 aliphatic carbocycles. The Labute approximate surface area is 144 Å². The lowest BCUT2D eigenvalue weighted by molar-refractivity contribution is -0.138. The van der Waals surface area contributed by atoms with Crippen molar-refractivity contribution >= 4 is 6.09 Å². The second kappa shape index (κ2) is 7.17. The number of alkyl halides is 3. The minimum absolute atomic E-state index is 0.00654. The lowest BCUT2D eigenvalue weighted by atomic mass is 9.95. The Kier molecular flexibility index (Phi) is 5.40. The molecular formula is C19H20F3NO2. The van der Waals surface area contributed by atoms with Crippen LogP contribution in [0.15, 0.2) is 48.5 Å². The van der Waals surface area contributed by atoms with Gasteiger partial charge in [0.25, 0.3) is 0 Å². The minimum atomic E-state index is -4.52. The molecule has 0 radical (unpaired) electrons. The van der Waals surface area contributed by atoms with Gasteiger partial charge in [-0.05, 0) is 43.5 Å². The highest BCUT2D eigenvalue weighted by molar-refractivity contribution is 5.71. The molecule has 0 bridgehead atoms. The SMILES string of the molecule is CC(C)(C)OC(=O)NCc1c(-c2ccccc2)cccc1C(F)(F)F. The smallest absolute Gasteiger partial charge is 0.416 e. The molecule has 0 saturated heterocycles. The van der Waals surface area contributed by atoms with Crippen LogP contribution in [0.2, 0.25) is 0 Å². The van der Waals surface area contributed by atoms with Gasteiger partial charge in [-0.1, -0.05) is 42.5 Å². The zero-order valence-electron chi connectivity index (χ0n) is 14.3. The molecule has 2 aromatic rings. The largest absolute Gasteiger partial charge is 0.444 e. The number of hydrogen-bond acceptors (Lipinski definition) is 2. The first kappa shape index (κ1) is 18.8. The van der Waals surface area contributed by atoms with Crippen LogP contribution in [0.4, 0.5) is 18.0 Å². The van der Waals surface area contributed by atoms with E-state index in [1.165, 1.54) is 6.07 Å². The summed E-state index contributed by atoms with van der Waals surface area (Å²) in [7, 11) is 0. The summed E-state index contributed by atoms with van der Waals surface area (Å²) in [6.45, 7) is 4.78. The fourth-order valence-electron chi connectivity index (χ4n) is 2.41. The number of rotatable bonds is 3. The Morgan fingerprint density at radius 3 is 2.20 bits per heavy atom. The maximum atomic E-state index is 13.4. The summed E-state index contributed by atoms with van der Waals surface area (Å²) in [6.07, 6.45) is -5.28. The molecule has 134 valence electrons. The lowest BCUT2D eigenvalue weighted by Gasteiger charge is -2.21. The predicted octanol–water partition coefficient (Wildman–Crippen LogP) is 5.40. The van der Waals surface area contributed by atoms with E-state index in [9.17, 15) is 18.0 Å². The maximum Gasteiger partial charge on any atom is 0.416 e. The van der Waals surface area contributed by atoms with Gasteiger partial charge in [-0.3, -0.25) is 0 Å². The molecule has 6 heteroatoms. The van der Waals surface area contributed by atoms with Gasteiger partial charge in [0.2, 0.25) is 0 Å². The second-order valence-corrected chi connectivity index (χ2v) is 6.55. The summed E-state index contributed by atoms with van der Waals surface area (Å²) < 4.78 is 45.3. The molecule has 0 aliphatic heterocycles. The van der Waals surface area contributed by atoms with Gasteiger partial charge in [0.1, 0.15) is 5.60 Å². The van der Waals surface area contributed by atoms with Crippen molar-refractivity contribution < 1.29 is 22.7 Å². The summed E-state index contributed by atoms with van der Waals surface area (Å²) in [5.41, 5.74) is -0.423. The summed E-state index contributed by atoms with van der Waals surface area (Å²) in [4.78, 5) is 11.8. The van der Waals surface area contributed by atoms with Crippen LogP contribution in [0, 0.1) is 0 Å². The highest BCUT2D eigenvalue weighted by Crippen LogP contribution is 2.36. The molecule has 0 heterocycles. The van der Waals surface area contributed by atoms with E-state index >= 15 is 0 Å². The molecular weight excluding hydrogens is 331 g/mol. The molecule has 2 aromatic carbocycles. The number of carbonyl (C=O) groups is 1.